The molecule has 0 radical (unpaired) electrons. The fourth-order valence-corrected chi connectivity index (χ4v) is 6.05. The number of carbonyl (C=O) groups excluding carboxylic acids is 2. The van der Waals surface area contributed by atoms with Crippen molar-refractivity contribution in [3.8, 4) is 0 Å². The minimum atomic E-state index is -1.40. The van der Waals surface area contributed by atoms with Crippen LogP contribution in [0.2, 0.25) is 0 Å². The van der Waals surface area contributed by atoms with E-state index >= 15 is 0 Å². The number of hydrogen-bond donors (Lipinski definition) is 1. The smallest absolute Gasteiger partial charge is 0.336 e. The highest BCUT2D eigenvalue weighted by Gasteiger charge is 2.65. The molecular weight excluding hydrogens is 444 g/mol. The van der Waals surface area contributed by atoms with E-state index in [9.17, 15) is 14.7 Å². The third-order valence-corrected chi connectivity index (χ3v) is 8.48. The molecule has 0 amide bonds. The van der Waals surface area contributed by atoms with Crippen molar-refractivity contribution in [2.75, 3.05) is 7.11 Å². The molecule has 194 valence electrons. The second kappa shape index (κ2) is 11.3. The highest BCUT2D eigenvalue weighted by Crippen LogP contribution is 2.60. The predicted molar refractivity (Wildman–Crippen MR) is 135 cm³/mol. The first-order chi connectivity index (χ1) is 16.6. The van der Waals surface area contributed by atoms with Crippen LogP contribution in [0, 0.1) is 17.3 Å². The molecule has 1 N–H and O–H groups in total. The molecule has 35 heavy (non-hydrogen) atoms. The number of aliphatic hydroxyl groups excluding tert-OH is 1. The van der Waals surface area contributed by atoms with E-state index in [0.717, 1.165) is 12.0 Å². The molecule has 0 unspecified atom stereocenters. The highest BCUT2D eigenvalue weighted by molar-refractivity contribution is 5.92. The summed E-state index contributed by atoms with van der Waals surface area (Å²) in [6, 6.07) is 0. The van der Waals surface area contributed by atoms with Gasteiger partial charge in [-0.1, -0.05) is 63.5 Å². The van der Waals surface area contributed by atoms with Gasteiger partial charge in [0.1, 0.15) is 12.2 Å². The van der Waals surface area contributed by atoms with Crippen molar-refractivity contribution in [2.45, 2.75) is 97.6 Å². The van der Waals surface area contributed by atoms with Crippen LogP contribution in [0.15, 0.2) is 47.1 Å². The topological polar surface area (TPSA) is 82.1 Å². The maximum atomic E-state index is 12.6. The van der Waals surface area contributed by atoms with E-state index in [0.29, 0.717) is 30.4 Å². The van der Waals surface area contributed by atoms with Gasteiger partial charge in [0.15, 0.2) is 0 Å². The Hall–Kier alpha value is -2.18. The fourth-order valence-electron chi connectivity index (χ4n) is 6.05. The molecular formula is C29H42O6. The second-order valence-corrected chi connectivity index (χ2v) is 10.6. The molecule has 2 fully saturated rings. The van der Waals surface area contributed by atoms with Gasteiger partial charge in [0.2, 0.25) is 0 Å². The van der Waals surface area contributed by atoms with Gasteiger partial charge in [-0.3, -0.25) is 0 Å². The Balaban J connectivity index is 1.65. The van der Waals surface area contributed by atoms with Gasteiger partial charge in [0.25, 0.3) is 5.79 Å². The van der Waals surface area contributed by atoms with Crippen LogP contribution in [0.1, 0.15) is 79.6 Å². The number of methoxy groups -OCH3 is 1. The summed E-state index contributed by atoms with van der Waals surface area (Å²) in [4.78, 5) is 24.9. The van der Waals surface area contributed by atoms with Gasteiger partial charge in [0, 0.05) is 24.3 Å². The molecule has 6 heteroatoms. The van der Waals surface area contributed by atoms with Crippen LogP contribution in [0.5, 0.6) is 0 Å². The molecule has 1 aliphatic heterocycles. The van der Waals surface area contributed by atoms with Gasteiger partial charge < -0.3 is 19.3 Å². The van der Waals surface area contributed by atoms with E-state index in [1.165, 1.54) is 32.4 Å². The Morgan fingerprint density at radius 2 is 2.00 bits per heavy atom. The first-order valence-electron chi connectivity index (χ1n) is 13.0. The summed E-state index contributed by atoms with van der Waals surface area (Å²) in [5.41, 5.74) is 1.93. The van der Waals surface area contributed by atoms with Gasteiger partial charge in [-0.25, -0.2) is 9.59 Å². The summed E-state index contributed by atoms with van der Waals surface area (Å²) in [6.07, 6.45) is 14.7. The van der Waals surface area contributed by atoms with E-state index in [1.807, 2.05) is 13.0 Å². The number of esters is 2. The Kier molecular flexibility index (Phi) is 8.81. The average molecular weight is 487 g/mol. The van der Waals surface area contributed by atoms with E-state index in [2.05, 4.69) is 32.9 Å². The molecule has 0 aromatic rings. The van der Waals surface area contributed by atoms with Crippen molar-refractivity contribution in [3.05, 3.63) is 47.1 Å². The number of rotatable bonds is 9. The van der Waals surface area contributed by atoms with E-state index < -0.39 is 17.9 Å². The number of ether oxygens (including phenoxy) is 3. The lowest BCUT2D eigenvalue weighted by Crippen LogP contribution is -2.62. The summed E-state index contributed by atoms with van der Waals surface area (Å²) >= 11 is 0. The van der Waals surface area contributed by atoms with Crippen molar-refractivity contribution in [1.29, 1.82) is 0 Å². The summed E-state index contributed by atoms with van der Waals surface area (Å²) < 4.78 is 17.1. The van der Waals surface area contributed by atoms with Crippen molar-refractivity contribution >= 4 is 11.9 Å². The minimum absolute atomic E-state index is 0.0116. The molecule has 0 spiro atoms. The number of unbranched alkanes of at least 4 members (excludes halogenated alkanes) is 3. The van der Waals surface area contributed by atoms with Crippen LogP contribution in [-0.2, 0) is 23.8 Å². The Morgan fingerprint density at radius 1 is 1.26 bits per heavy atom. The van der Waals surface area contributed by atoms with Crippen LogP contribution in [0.3, 0.4) is 0 Å². The normalized spacial score (nSPS) is 35.4. The monoisotopic (exact) mass is 486 g/mol. The lowest BCUT2D eigenvalue weighted by Gasteiger charge is -2.57. The van der Waals surface area contributed by atoms with E-state index in [1.54, 1.807) is 13.0 Å². The van der Waals surface area contributed by atoms with Crippen LogP contribution in [0.25, 0.3) is 0 Å². The predicted octanol–water partition coefficient (Wildman–Crippen LogP) is 5.57. The molecule has 3 rings (SSSR count). The molecule has 6 nitrogen and oxygen atoms in total. The molecule has 0 aromatic heterocycles. The van der Waals surface area contributed by atoms with Gasteiger partial charge in [-0.15, -0.1) is 0 Å². The molecule has 2 aliphatic carbocycles. The van der Waals surface area contributed by atoms with Crippen molar-refractivity contribution < 1.29 is 28.9 Å². The number of allylic oxidation sites excluding steroid dienone is 5. The Morgan fingerprint density at radius 3 is 2.69 bits per heavy atom. The first-order valence-corrected chi connectivity index (χ1v) is 13.0. The van der Waals surface area contributed by atoms with E-state index in [4.69, 9.17) is 14.2 Å². The van der Waals surface area contributed by atoms with Gasteiger partial charge in [0.05, 0.1) is 0 Å². The third kappa shape index (κ3) is 5.34. The zero-order chi connectivity index (χ0) is 25.8. The van der Waals surface area contributed by atoms with Gasteiger partial charge in [-0.05, 0) is 63.2 Å². The number of aliphatic hydroxyl groups is 1. The lowest BCUT2D eigenvalue weighted by atomic mass is 9.52. The second-order valence-electron chi connectivity index (χ2n) is 10.6. The molecule has 6 atom stereocenters. The Bertz CT molecular complexity index is 927. The molecule has 3 aliphatic rings. The summed E-state index contributed by atoms with van der Waals surface area (Å²) in [5.74, 6) is -2.35. The SMILES string of the molecule is CCCCC/C=C/C(C)=C/C=C/C(=O)O[C@@H]1CC[C@H]2[C@H](O)[C@]3(OC)OC(=O)C(C)=C3C[C@]2(C)[C@H]1C. The first kappa shape index (κ1) is 27.4. The fraction of sp³-hybridized carbons (Fsp3) is 0.655. The van der Waals surface area contributed by atoms with Crippen LogP contribution >= 0.6 is 0 Å². The Labute approximate surface area is 210 Å². The highest BCUT2D eigenvalue weighted by atomic mass is 16.7. The average Bonchev–Trinajstić information content (AvgIpc) is 3.07. The van der Waals surface area contributed by atoms with E-state index in [-0.39, 0.29) is 29.3 Å². The lowest BCUT2D eigenvalue weighted by molar-refractivity contribution is -0.272. The van der Waals surface area contributed by atoms with Crippen molar-refractivity contribution in [1.82, 2.24) is 0 Å². The molecule has 1 heterocycles. The van der Waals surface area contributed by atoms with Gasteiger partial charge in [-0.2, -0.15) is 0 Å². The zero-order valence-electron chi connectivity index (χ0n) is 22.1. The molecule has 0 aromatic carbocycles. The minimum Gasteiger partial charge on any atom is -0.459 e. The van der Waals surface area contributed by atoms with Crippen LogP contribution in [0.4, 0.5) is 0 Å². The van der Waals surface area contributed by atoms with Crippen molar-refractivity contribution in [2.24, 2.45) is 17.3 Å². The maximum absolute atomic E-state index is 12.6. The standard InChI is InChI=1S/C29H42O6/c1-7-8-9-10-11-13-19(2)14-12-15-25(30)34-24-17-16-22-26(31)29(33-6)23(20(3)27(32)35-29)18-28(22,5)21(24)4/h11-15,21-22,24,26,31H,7-10,16-18H2,1-6H3/b13-11+,15-12+,19-14+/t21-,22-,24+,26-,28+,29+/m0/s1. The number of hydrogen-bond acceptors (Lipinski definition) is 6. The summed E-state index contributed by atoms with van der Waals surface area (Å²) in [6.45, 7) is 10.1. The molecule has 0 saturated heterocycles. The van der Waals surface area contributed by atoms with Crippen LogP contribution in [-0.4, -0.2) is 42.1 Å². The zero-order valence-corrected chi connectivity index (χ0v) is 22.1. The van der Waals surface area contributed by atoms with Crippen LogP contribution < -0.4 is 0 Å². The third-order valence-electron chi connectivity index (χ3n) is 8.48. The largest absolute Gasteiger partial charge is 0.459 e. The summed E-state index contributed by atoms with van der Waals surface area (Å²) in [5, 5.41) is 11.3. The quantitative estimate of drug-likeness (QED) is 0.199. The maximum Gasteiger partial charge on any atom is 0.336 e. The van der Waals surface area contributed by atoms with Crippen molar-refractivity contribution in [3.63, 3.8) is 0 Å². The number of carbonyl (C=O) groups is 2. The van der Waals surface area contributed by atoms with Gasteiger partial charge >= 0.3 is 11.9 Å². The molecule has 2 saturated carbocycles. The molecule has 0 bridgehead atoms. The number of fused-ring (bicyclic) bond motifs is 2. The summed E-state index contributed by atoms with van der Waals surface area (Å²) in [7, 11) is 1.47.